The average molecular weight is 197 g/mol. The van der Waals surface area contributed by atoms with E-state index in [0.717, 1.165) is 32.1 Å². The summed E-state index contributed by atoms with van der Waals surface area (Å²) < 4.78 is 0. The van der Waals surface area contributed by atoms with Gasteiger partial charge in [-0.15, -0.1) is 0 Å². The fourth-order valence-corrected chi connectivity index (χ4v) is 2.17. The van der Waals surface area contributed by atoms with Gasteiger partial charge in [0.05, 0.1) is 0 Å². The van der Waals surface area contributed by atoms with E-state index in [-0.39, 0.29) is 5.91 Å². The van der Waals surface area contributed by atoms with E-state index in [1.165, 1.54) is 12.8 Å². The molecule has 2 aliphatic heterocycles. The summed E-state index contributed by atoms with van der Waals surface area (Å²) in [5.74, 6) is 0.986. The molecule has 1 atom stereocenters. The second kappa shape index (κ2) is 4.75. The number of carbonyl (C=O) groups is 1. The van der Waals surface area contributed by atoms with Crippen molar-refractivity contribution in [1.29, 1.82) is 0 Å². The van der Waals surface area contributed by atoms with Crippen molar-refractivity contribution in [2.24, 2.45) is 5.92 Å². The third kappa shape index (κ3) is 2.69. The average Bonchev–Trinajstić information content (AvgIpc) is 2.63. The maximum atomic E-state index is 10.9. The van der Waals surface area contributed by atoms with E-state index in [1.807, 2.05) is 0 Å². The summed E-state index contributed by atoms with van der Waals surface area (Å²) >= 11 is 0. The summed E-state index contributed by atoms with van der Waals surface area (Å²) in [4.78, 5) is 10.9. The van der Waals surface area contributed by atoms with Gasteiger partial charge in [-0.1, -0.05) is 0 Å². The van der Waals surface area contributed by atoms with Gasteiger partial charge in [-0.2, -0.15) is 0 Å². The van der Waals surface area contributed by atoms with Gasteiger partial charge in [0.2, 0.25) is 5.91 Å². The Labute approximate surface area is 84.8 Å². The van der Waals surface area contributed by atoms with Crippen LogP contribution in [-0.2, 0) is 4.79 Å². The first-order valence-corrected chi connectivity index (χ1v) is 5.55. The predicted molar refractivity (Wildman–Crippen MR) is 55.0 cm³/mol. The summed E-state index contributed by atoms with van der Waals surface area (Å²) in [6.07, 6.45) is 3.19. The molecule has 2 aliphatic rings. The van der Waals surface area contributed by atoms with Crippen molar-refractivity contribution in [3.63, 3.8) is 0 Å². The van der Waals surface area contributed by atoms with Crippen molar-refractivity contribution < 1.29 is 4.79 Å². The molecule has 1 amide bonds. The maximum Gasteiger partial charge on any atom is 0.221 e. The second-order valence-electron chi connectivity index (χ2n) is 4.31. The number of hydrogen-bond donors (Lipinski definition) is 3. The molecule has 80 valence electrons. The Balaban J connectivity index is 1.63. The van der Waals surface area contributed by atoms with Crippen LogP contribution in [0.25, 0.3) is 0 Å². The van der Waals surface area contributed by atoms with Crippen LogP contribution >= 0.6 is 0 Å². The minimum absolute atomic E-state index is 0.188. The molecule has 0 aromatic rings. The molecule has 4 nitrogen and oxygen atoms in total. The van der Waals surface area contributed by atoms with Crippen LogP contribution in [0, 0.1) is 5.92 Å². The molecule has 0 bridgehead atoms. The summed E-state index contributed by atoms with van der Waals surface area (Å²) in [6.45, 7) is 4.17. The van der Waals surface area contributed by atoms with Crippen LogP contribution < -0.4 is 16.0 Å². The molecular weight excluding hydrogens is 178 g/mol. The molecule has 0 aromatic carbocycles. The van der Waals surface area contributed by atoms with Gasteiger partial charge in [0.1, 0.15) is 0 Å². The van der Waals surface area contributed by atoms with E-state index in [1.54, 1.807) is 0 Å². The molecule has 4 heteroatoms. The van der Waals surface area contributed by atoms with Crippen molar-refractivity contribution >= 4 is 5.91 Å². The number of carbonyl (C=O) groups excluding carboxylic acids is 1. The molecule has 0 saturated carbocycles. The van der Waals surface area contributed by atoms with Crippen LogP contribution in [0.15, 0.2) is 0 Å². The van der Waals surface area contributed by atoms with Crippen LogP contribution in [-0.4, -0.2) is 38.1 Å². The highest BCUT2D eigenvalue weighted by molar-refractivity contribution is 5.78. The number of nitrogens with one attached hydrogen (secondary N) is 3. The van der Waals surface area contributed by atoms with Crippen molar-refractivity contribution in [2.75, 3.05) is 26.2 Å². The minimum Gasteiger partial charge on any atom is -0.354 e. The largest absolute Gasteiger partial charge is 0.354 e. The Bertz CT molecular complexity index is 202. The minimum atomic E-state index is 0.188. The molecule has 3 N–H and O–H groups in total. The van der Waals surface area contributed by atoms with Gasteiger partial charge in [-0.3, -0.25) is 4.79 Å². The van der Waals surface area contributed by atoms with Crippen LogP contribution in [0.4, 0.5) is 0 Å². The Morgan fingerprint density at radius 3 is 2.79 bits per heavy atom. The van der Waals surface area contributed by atoms with E-state index >= 15 is 0 Å². The van der Waals surface area contributed by atoms with Crippen LogP contribution in [0.5, 0.6) is 0 Å². The van der Waals surface area contributed by atoms with E-state index in [9.17, 15) is 4.79 Å². The highest BCUT2D eigenvalue weighted by Gasteiger charge is 2.22. The third-order valence-electron chi connectivity index (χ3n) is 3.13. The van der Waals surface area contributed by atoms with Crippen molar-refractivity contribution in [1.82, 2.24) is 16.0 Å². The van der Waals surface area contributed by atoms with Crippen LogP contribution in [0.1, 0.15) is 19.3 Å². The molecular formula is C10H19N3O. The fourth-order valence-electron chi connectivity index (χ4n) is 2.17. The topological polar surface area (TPSA) is 53.2 Å². The van der Waals surface area contributed by atoms with Gasteiger partial charge in [-0.05, 0) is 38.4 Å². The van der Waals surface area contributed by atoms with Gasteiger partial charge in [0.25, 0.3) is 0 Å². The van der Waals surface area contributed by atoms with E-state index in [0.29, 0.717) is 12.5 Å². The van der Waals surface area contributed by atoms with Gasteiger partial charge in [0, 0.05) is 19.0 Å². The number of piperidine rings is 1. The molecule has 2 heterocycles. The summed E-state index contributed by atoms with van der Waals surface area (Å²) in [7, 11) is 0. The molecule has 0 spiro atoms. The zero-order valence-corrected chi connectivity index (χ0v) is 8.51. The fraction of sp³-hybridized carbons (Fsp3) is 0.900. The molecule has 2 rings (SSSR count). The number of rotatable bonds is 3. The predicted octanol–water partition coefficient (Wildman–Crippen LogP) is -0.536. The summed E-state index contributed by atoms with van der Waals surface area (Å²) in [5, 5.41) is 9.67. The molecule has 0 aromatic heterocycles. The highest BCUT2D eigenvalue weighted by atomic mass is 16.1. The van der Waals surface area contributed by atoms with E-state index in [2.05, 4.69) is 16.0 Å². The van der Waals surface area contributed by atoms with Crippen molar-refractivity contribution in [2.45, 2.75) is 25.3 Å². The monoisotopic (exact) mass is 197 g/mol. The summed E-state index contributed by atoms with van der Waals surface area (Å²) in [6, 6.07) is 0.373. The maximum absolute atomic E-state index is 10.9. The zero-order valence-electron chi connectivity index (χ0n) is 8.51. The SMILES string of the molecule is O=C1CC(NCC2CCNCC2)CN1. The summed E-state index contributed by atoms with van der Waals surface area (Å²) in [5.41, 5.74) is 0. The Kier molecular flexibility index (Phi) is 3.37. The first-order chi connectivity index (χ1) is 6.84. The quantitative estimate of drug-likeness (QED) is 0.570. The van der Waals surface area contributed by atoms with E-state index in [4.69, 9.17) is 0 Å². The number of amides is 1. The highest BCUT2D eigenvalue weighted by Crippen LogP contribution is 2.11. The lowest BCUT2D eigenvalue weighted by molar-refractivity contribution is -0.119. The number of hydrogen-bond acceptors (Lipinski definition) is 3. The van der Waals surface area contributed by atoms with Gasteiger partial charge >= 0.3 is 0 Å². The molecule has 14 heavy (non-hydrogen) atoms. The van der Waals surface area contributed by atoms with Crippen LogP contribution in [0.2, 0.25) is 0 Å². The van der Waals surface area contributed by atoms with Crippen molar-refractivity contribution in [3.8, 4) is 0 Å². The first-order valence-electron chi connectivity index (χ1n) is 5.55. The van der Waals surface area contributed by atoms with Gasteiger partial charge < -0.3 is 16.0 Å². The lowest BCUT2D eigenvalue weighted by Gasteiger charge is -2.24. The van der Waals surface area contributed by atoms with Crippen LogP contribution in [0.3, 0.4) is 0 Å². The molecule has 0 radical (unpaired) electrons. The van der Waals surface area contributed by atoms with Gasteiger partial charge in [0.15, 0.2) is 0 Å². The molecule has 2 saturated heterocycles. The Hall–Kier alpha value is -0.610. The lowest BCUT2D eigenvalue weighted by Crippen LogP contribution is -2.38. The Morgan fingerprint density at radius 2 is 2.14 bits per heavy atom. The molecule has 2 fully saturated rings. The lowest BCUT2D eigenvalue weighted by atomic mass is 9.98. The normalized spacial score (nSPS) is 29.1. The third-order valence-corrected chi connectivity index (χ3v) is 3.13. The van der Waals surface area contributed by atoms with E-state index < -0.39 is 0 Å². The molecule has 1 unspecified atom stereocenters. The molecule has 0 aliphatic carbocycles. The first kappa shape index (κ1) is 9.93. The zero-order chi connectivity index (χ0) is 9.80. The van der Waals surface area contributed by atoms with Crippen molar-refractivity contribution in [3.05, 3.63) is 0 Å². The second-order valence-corrected chi connectivity index (χ2v) is 4.31. The smallest absolute Gasteiger partial charge is 0.221 e. The van der Waals surface area contributed by atoms with Gasteiger partial charge in [-0.25, -0.2) is 0 Å². The standard InChI is InChI=1S/C10H19N3O/c14-10-5-9(7-13-10)12-6-8-1-3-11-4-2-8/h8-9,11-12H,1-7H2,(H,13,14). The Morgan fingerprint density at radius 1 is 1.36 bits per heavy atom.